The molecule has 2 aromatic carbocycles. The second-order valence-corrected chi connectivity index (χ2v) is 6.44. The third kappa shape index (κ3) is 4.73. The third-order valence-corrected chi connectivity index (χ3v) is 4.83. The van der Waals surface area contributed by atoms with E-state index in [1.54, 1.807) is 6.07 Å². The molecule has 2 rings (SSSR count). The quantitative estimate of drug-likeness (QED) is 0.753. The first kappa shape index (κ1) is 16.3. The highest BCUT2D eigenvalue weighted by molar-refractivity contribution is 7.98. The van der Waals surface area contributed by atoms with Crippen LogP contribution in [-0.2, 0) is 12.2 Å². The Morgan fingerprint density at radius 1 is 1.24 bits per heavy atom. The predicted molar refractivity (Wildman–Crippen MR) is 89.4 cm³/mol. The van der Waals surface area contributed by atoms with Gasteiger partial charge in [0.2, 0.25) is 0 Å². The summed E-state index contributed by atoms with van der Waals surface area (Å²) in [6, 6.07) is 13.1. The second kappa shape index (κ2) is 7.83. The molecule has 2 N–H and O–H groups in total. The molecule has 0 aliphatic rings. The van der Waals surface area contributed by atoms with Gasteiger partial charge in [-0.2, -0.15) is 0 Å². The van der Waals surface area contributed by atoms with Gasteiger partial charge in [-0.3, -0.25) is 0 Å². The highest BCUT2D eigenvalue weighted by Crippen LogP contribution is 2.29. The van der Waals surface area contributed by atoms with Crippen LogP contribution in [0.1, 0.15) is 24.5 Å². The van der Waals surface area contributed by atoms with Crippen LogP contribution in [0, 0.1) is 5.82 Å². The number of hydrogen-bond donors (Lipinski definition) is 1. The van der Waals surface area contributed by atoms with Gasteiger partial charge in [-0.1, -0.05) is 42.8 Å². The molecule has 0 radical (unpaired) electrons. The molecule has 0 spiro atoms. The van der Waals surface area contributed by atoms with Crippen LogP contribution in [-0.4, -0.2) is 6.04 Å². The first-order valence-corrected chi connectivity index (χ1v) is 8.36. The largest absolute Gasteiger partial charge is 0.327 e. The highest BCUT2D eigenvalue weighted by Gasteiger charge is 2.08. The Balaban J connectivity index is 2.03. The van der Waals surface area contributed by atoms with Gasteiger partial charge in [0.25, 0.3) is 0 Å². The first-order chi connectivity index (χ1) is 10.1. The zero-order valence-corrected chi connectivity index (χ0v) is 13.6. The van der Waals surface area contributed by atoms with E-state index in [-0.39, 0.29) is 11.9 Å². The van der Waals surface area contributed by atoms with Crippen molar-refractivity contribution >= 4 is 23.4 Å². The maximum atomic E-state index is 14.1. The van der Waals surface area contributed by atoms with Gasteiger partial charge in [0.05, 0.1) is 0 Å². The van der Waals surface area contributed by atoms with E-state index in [0.717, 1.165) is 22.6 Å². The van der Waals surface area contributed by atoms with E-state index in [9.17, 15) is 4.39 Å². The molecule has 0 amide bonds. The van der Waals surface area contributed by atoms with Gasteiger partial charge in [0, 0.05) is 21.7 Å². The van der Waals surface area contributed by atoms with E-state index in [1.165, 1.54) is 11.8 Å². The van der Waals surface area contributed by atoms with E-state index in [1.807, 2.05) is 43.3 Å². The van der Waals surface area contributed by atoms with Crippen LogP contribution < -0.4 is 5.73 Å². The average molecular weight is 324 g/mol. The van der Waals surface area contributed by atoms with E-state index >= 15 is 0 Å². The Morgan fingerprint density at radius 3 is 2.67 bits per heavy atom. The van der Waals surface area contributed by atoms with E-state index in [4.69, 9.17) is 17.3 Å². The Labute approximate surface area is 134 Å². The summed E-state index contributed by atoms with van der Waals surface area (Å²) >= 11 is 7.56. The van der Waals surface area contributed by atoms with Gasteiger partial charge in [-0.25, -0.2) is 4.39 Å². The van der Waals surface area contributed by atoms with Crippen LogP contribution >= 0.6 is 23.4 Å². The molecule has 4 heteroatoms. The SMILES string of the molecule is CCC(N)Cc1ccc(SCc2ccccc2Cl)c(F)c1. The highest BCUT2D eigenvalue weighted by atomic mass is 35.5. The van der Waals surface area contributed by atoms with Crippen LogP contribution in [0.2, 0.25) is 5.02 Å². The van der Waals surface area contributed by atoms with Crippen LogP contribution in [0.25, 0.3) is 0 Å². The molecule has 1 nitrogen and oxygen atoms in total. The fraction of sp³-hybridized carbons (Fsp3) is 0.294. The molecule has 0 aliphatic heterocycles. The number of thioether (sulfide) groups is 1. The molecule has 0 aromatic heterocycles. The molecule has 21 heavy (non-hydrogen) atoms. The normalized spacial score (nSPS) is 12.4. The fourth-order valence-corrected chi connectivity index (χ4v) is 3.21. The maximum absolute atomic E-state index is 14.1. The van der Waals surface area contributed by atoms with Crippen LogP contribution in [0.3, 0.4) is 0 Å². The van der Waals surface area contributed by atoms with Gasteiger partial charge in [0.15, 0.2) is 0 Å². The number of hydrogen-bond acceptors (Lipinski definition) is 2. The first-order valence-electron chi connectivity index (χ1n) is 7.00. The van der Waals surface area contributed by atoms with Crippen molar-refractivity contribution in [2.75, 3.05) is 0 Å². The van der Waals surface area contributed by atoms with Crippen LogP contribution in [0.4, 0.5) is 4.39 Å². The third-order valence-electron chi connectivity index (χ3n) is 3.36. The lowest BCUT2D eigenvalue weighted by Gasteiger charge is -2.10. The Morgan fingerprint density at radius 2 is 2.00 bits per heavy atom. The summed E-state index contributed by atoms with van der Waals surface area (Å²) in [5.41, 5.74) is 7.86. The number of halogens is 2. The molecule has 0 heterocycles. The number of rotatable bonds is 6. The molecule has 112 valence electrons. The topological polar surface area (TPSA) is 26.0 Å². The molecule has 0 saturated carbocycles. The van der Waals surface area contributed by atoms with Gasteiger partial charge in [0.1, 0.15) is 5.82 Å². The molecular weight excluding hydrogens is 305 g/mol. The van der Waals surface area contributed by atoms with Crippen molar-refractivity contribution < 1.29 is 4.39 Å². The lowest BCUT2D eigenvalue weighted by molar-refractivity contribution is 0.593. The van der Waals surface area contributed by atoms with E-state index in [2.05, 4.69) is 0 Å². The minimum atomic E-state index is -0.187. The van der Waals surface area contributed by atoms with Crippen LogP contribution in [0.5, 0.6) is 0 Å². The summed E-state index contributed by atoms with van der Waals surface area (Å²) in [6.07, 6.45) is 1.60. The molecule has 0 bridgehead atoms. The smallest absolute Gasteiger partial charge is 0.137 e. The summed E-state index contributed by atoms with van der Waals surface area (Å²) in [4.78, 5) is 0.642. The Bertz CT molecular complexity index is 603. The van der Waals surface area contributed by atoms with Gasteiger partial charge >= 0.3 is 0 Å². The van der Waals surface area contributed by atoms with Crippen molar-refractivity contribution in [2.24, 2.45) is 5.73 Å². The summed E-state index contributed by atoms with van der Waals surface area (Å²) in [5.74, 6) is 0.470. The molecule has 1 atom stereocenters. The van der Waals surface area contributed by atoms with Crippen molar-refractivity contribution in [3.63, 3.8) is 0 Å². The zero-order chi connectivity index (χ0) is 15.2. The molecule has 1 unspecified atom stereocenters. The van der Waals surface area contributed by atoms with Crippen molar-refractivity contribution in [3.8, 4) is 0 Å². The molecule has 0 aliphatic carbocycles. The Hall–Kier alpha value is -1.03. The van der Waals surface area contributed by atoms with Gasteiger partial charge in [-0.05, 0) is 42.2 Å². The minimum Gasteiger partial charge on any atom is -0.327 e. The van der Waals surface area contributed by atoms with Gasteiger partial charge in [-0.15, -0.1) is 11.8 Å². The standard InChI is InChI=1S/C17H19ClFNS/c1-2-14(20)9-12-7-8-17(16(19)10-12)21-11-13-5-3-4-6-15(13)18/h3-8,10,14H,2,9,11,20H2,1H3. The predicted octanol–water partition coefficient (Wildman–Crippen LogP) is 5.05. The Kier molecular flexibility index (Phi) is 6.09. The summed E-state index contributed by atoms with van der Waals surface area (Å²) in [7, 11) is 0. The maximum Gasteiger partial charge on any atom is 0.137 e. The molecule has 2 aromatic rings. The molecule has 0 fully saturated rings. The van der Waals surface area contributed by atoms with Crippen molar-refractivity contribution in [3.05, 3.63) is 64.4 Å². The number of benzene rings is 2. The summed E-state index contributed by atoms with van der Waals surface area (Å²) in [5, 5.41) is 0.718. The number of nitrogens with two attached hydrogens (primary N) is 1. The summed E-state index contributed by atoms with van der Waals surface area (Å²) in [6.45, 7) is 2.04. The summed E-state index contributed by atoms with van der Waals surface area (Å²) < 4.78 is 14.1. The zero-order valence-electron chi connectivity index (χ0n) is 12.0. The molecular formula is C17H19ClFNS. The average Bonchev–Trinajstić information content (AvgIpc) is 2.48. The van der Waals surface area contributed by atoms with E-state index < -0.39 is 0 Å². The lowest BCUT2D eigenvalue weighted by atomic mass is 10.0. The van der Waals surface area contributed by atoms with E-state index in [0.29, 0.717) is 17.1 Å². The fourth-order valence-electron chi connectivity index (χ4n) is 2.01. The monoisotopic (exact) mass is 323 g/mol. The van der Waals surface area contributed by atoms with Crippen molar-refractivity contribution in [1.82, 2.24) is 0 Å². The van der Waals surface area contributed by atoms with Crippen LogP contribution in [0.15, 0.2) is 47.4 Å². The van der Waals surface area contributed by atoms with Gasteiger partial charge < -0.3 is 5.73 Å². The van der Waals surface area contributed by atoms with Crippen molar-refractivity contribution in [1.29, 1.82) is 0 Å². The van der Waals surface area contributed by atoms with Crippen molar-refractivity contribution in [2.45, 2.75) is 36.5 Å². The minimum absolute atomic E-state index is 0.0889. The second-order valence-electron chi connectivity index (χ2n) is 5.02. The molecule has 0 saturated heterocycles. The lowest BCUT2D eigenvalue weighted by Crippen LogP contribution is -2.21.